The van der Waals surface area contributed by atoms with Gasteiger partial charge in [0.15, 0.2) is 0 Å². The second-order valence-corrected chi connectivity index (χ2v) is 10.8. The Hall–Kier alpha value is -3.82. The summed E-state index contributed by atoms with van der Waals surface area (Å²) in [4.78, 5) is 15.6. The summed E-state index contributed by atoms with van der Waals surface area (Å²) in [6.45, 7) is 2.86. The topological polar surface area (TPSA) is 77.4 Å². The van der Waals surface area contributed by atoms with Crippen molar-refractivity contribution in [3.63, 3.8) is 0 Å². The van der Waals surface area contributed by atoms with Gasteiger partial charge in [0, 0.05) is 30.3 Å². The lowest BCUT2D eigenvalue weighted by Crippen LogP contribution is -2.43. The number of hydrogen-bond donors (Lipinski definition) is 2. The van der Waals surface area contributed by atoms with Gasteiger partial charge in [-0.25, -0.2) is 4.79 Å². The first-order valence-corrected chi connectivity index (χ1v) is 14.2. The van der Waals surface area contributed by atoms with Crippen LogP contribution < -0.4 is 15.4 Å². The average Bonchev–Trinajstić information content (AvgIpc) is 3.53. The molecule has 6 nitrogen and oxygen atoms in total. The molecule has 5 rings (SSSR count). The van der Waals surface area contributed by atoms with E-state index in [-0.39, 0.29) is 11.9 Å². The van der Waals surface area contributed by atoms with Crippen LogP contribution in [0.2, 0.25) is 0 Å². The van der Waals surface area contributed by atoms with Crippen molar-refractivity contribution >= 4 is 11.7 Å². The molecule has 1 saturated heterocycles. The largest absolute Gasteiger partial charge is 0.497 e. The summed E-state index contributed by atoms with van der Waals surface area (Å²) in [6.07, 6.45) is 7.70. The van der Waals surface area contributed by atoms with E-state index in [4.69, 9.17) is 4.74 Å². The SMILES string of the molecule is COc1cccc(NC(=O)NCC(c2ccc(-c3cccc(C#N)c3)cc2)C2CCN(C3CCCC3)CC2)c1. The van der Waals surface area contributed by atoms with Crippen LogP contribution in [0, 0.1) is 17.2 Å². The van der Waals surface area contributed by atoms with Gasteiger partial charge in [0.2, 0.25) is 0 Å². The van der Waals surface area contributed by atoms with E-state index < -0.39 is 0 Å². The lowest BCUT2D eigenvalue weighted by atomic mass is 9.79. The Bertz CT molecular complexity index is 1290. The van der Waals surface area contributed by atoms with Crippen molar-refractivity contribution in [2.75, 3.05) is 32.1 Å². The van der Waals surface area contributed by atoms with Crippen molar-refractivity contribution in [1.29, 1.82) is 5.26 Å². The first kappa shape index (κ1) is 26.8. The number of ether oxygens (including phenoxy) is 1. The number of carbonyl (C=O) groups excluding carboxylic acids is 1. The Kier molecular flexibility index (Phi) is 8.80. The predicted molar refractivity (Wildman–Crippen MR) is 156 cm³/mol. The van der Waals surface area contributed by atoms with Gasteiger partial charge < -0.3 is 20.3 Å². The molecule has 1 atom stereocenters. The van der Waals surface area contributed by atoms with E-state index in [0.29, 0.717) is 29.5 Å². The first-order valence-electron chi connectivity index (χ1n) is 14.2. The number of methoxy groups -OCH3 is 1. The fourth-order valence-corrected chi connectivity index (χ4v) is 6.28. The summed E-state index contributed by atoms with van der Waals surface area (Å²) in [5.74, 6) is 1.44. The van der Waals surface area contributed by atoms with Crippen molar-refractivity contribution < 1.29 is 9.53 Å². The third-order valence-electron chi connectivity index (χ3n) is 8.46. The highest BCUT2D eigenvalue weighted by Gasteiger charge is 2.31. The molecule has 39 heavy (non-hydrogen) atoms. The van der Waals surface area contributed by atoms with Crippen LogP contribution in [-0.4, -0.2) is 43.7 Å². The lowest BCUT2D eigenvalue weighted by molar-refractivity contribution is 0.123. The number of piperidine rings is 1. The van der Waals surface area contributed by atoms with Crippen LogP contribution in [0.15, 0.2) is 72.8 Å². The number of benzene rings is 3. The number of amides is 2. The highest BCUT2D eigenvalue weighted by molar-refractivity contribution is 5.89. The highest BCUT2D eigenvalue weighted by atomic mass is 16.5. The number of hydrogen-bond acceptors (Lipinski definition) is 4. The molecule has 2 N–H and O–H groups in total. The summed E-state index contributed by atoms with van der Waals surface area (Å²) < 4.78 is 5.28. The van der Waals surface area contributed by atoms with Crippen LogP contribution in [0.4, 0.5) is 10.5 Å². The van der Waals surface area contributed by atoms with Crippen LogP contribution in [0.3, 0.4) is 0 Å². The minimum absolute atomic E-state index is 0.207. The molecule has 0 radical (unpaired) electrons. The standard InChI is InChI=1S/C33H38N4O2/c1-39-31-11-5-8-29(21-31)36-33(38)35-23-32(27-16-18-37(19-17-27)30-9-2-3-10-30)26-14-12-25(13-15-26)28-7-4-6-24(20-28)22-34/h4-8,11-15,20-21,27,30,32H,2-3,9-10,16-19,23H2,1H3,(H2,35,36,38). The number of rotatable bonds is 8. The molecule has 1 unspecified atom stereocenters. The molecule has 0 spiro atoms. The van der Waals surface area contributed by atoms with Gasteiger partial charge in [-0.05, 0) is 85.6 Å². The summed E-state index contributed by atoms with van der Waals surface area (Å²) in [5, 5.41) is 15.4. The molecule has 1 aliphatic carbocycles. The van der Waals surface area contributed by atoms with Crippen LogP contribution >= 0.6 is 0 Å². The van der Waals surface area contributed by atoms with Crippen molar-refractivity contribution in [1.82, 2.24) is 10.2 Å². The van der Waals surface area contributed by atoms with E-state index in [2.05, 4.69) is 45.9 Å². The maximum absolute atomic E-state index is 12.9. The quantitative estimate of drug-likeness (QED) is 0.341. The van der Waals surface area contributed by atoms with E-state index in [0.717, 1.165) is 43.1 Å². The second kappa shape index (κ2) is 12.8. The molecule has 2 aliphatic rings. The van der Waals surface area contributed by atoms with E-state index >= 15 is 0 Å². The molecule has 0 bridgehead atoms. The summed E-state index contributed by atoms with van der Waals surface area (Å²) in [5.41, 5.74) is 4.75. The van der Waals surface area contributed by atoms with Gasteiger partial charge in [-0.2, -0.15) is 5.26 Å². The van der Waals surface area contributed by atoms with Gasteiger partial charge in [0.1, 0.15) is 5.75 Å². The van der Waals surface area contributed by atoms with Gasteiger partial charge in [0.25, 0.3) is 0 Å². The van der Waals surface area contributed by atoms with Crippen molar-refractivity contribution in [2.24, 2.45) is 5.92 Å². The van der Waals surface area contributed by atoms with Crippen LogP contribution in [0.5, 0.6) is 5.75 Å². The Morgan fingerprint density at radius 2 is 1.72 bits per heavy atom. The van der Waals surface area contributed by atoms with E-state index in [1.165, 1.54) is 31.2 Å². The van der Waals surface area contributed by atoms with Crippen molar-refractivity contribution in [2.45, 2.75) is 50.5 Å². The van der Waals surface area contributed by atoms with Gasteiger partial charge in [-0.3, -0.25) is 0 Å². The Labute approximate surface area is 232 Å². The minimum Gasteiger partial charge on any atom is -0.497 e. The van der Waals surface area contributed by atoms with Gasteiger partial charge in [-0.1, -0.05) is 55.3 Å². The molecule has 0 aromatic heterocycles. The number of urea groups is 1. The predicted octanol–water partition coefficient (Wildman–Crippen LogP) is 6.79. The number of nitriles is 1. The fraction of sp³-hybridized carbons (Fsp3) is 0.394. The first-order chi connectivity index (χ1) is 19.1. The fourth-order valence-electron chi connectivity index (χ4n) is 6.28. The lowest BCUT2D eigenvalue weighted by Gasteiger charge is -2.39. The molecular weight excluding hydrogens is 484 g/mol. The van der Waals surface area contributed by atoms with E-state index in [1.807, 2.05) is 48.5 Å². The monoisotopic (exact) mass is 522 g/mol. The third kappa shape index (κ3) is 6.79. The van der Waals surface area contributed by atoms with Crippen molar-refractivity contribution in [3.8, 4) is 22.9 Å². The maximum atomic E-state index is 12.9. The Morgan fingerprint density at radius 3 is 2.44 bits per heavy atom. The Balaban J connectivity index is 1.29. The summed E-state index contributed by atoms with van der Waals surface area (Å²) in [6, 6.07) is 26.6. The number of anilines is 1. The molecule has 6 heteroatoms. The Morgan fingerprint density at radius 1 is 0.974 bits per heavy atom. The average molecular weight is 523 g/mol. The molecule has 1 saturated carbocycles. The van der Waals surface area contributed by atoms with Crippen LogP contribution in [-0.2, 0) is 0 Å². The zero-order chi connectivity index (χ0) is 27.0. The minimum atomic E-state index is -0.207. The summed E-state index contributed by atoms with van der Waals surface area (Å²) in [7, 11) is 1.62. The molecule has 3 aromatic rings. The van der Waals surface area contributed by atoms with Gasteiger partial charge in [-0.15, -0.1) is 0 Å². The number of likely N-dealkylation sites (tertiary alicyclic amines) is 1. The highest BCUT2D eigenvalue weighted by Crippen LogP contribution is 2.36. The molecular formula is C33H38N4O2. The van der Waals surface area contributed by atoms with E-state index in [1.54, 1.807) is 7.11 Å². The van der Waals surface area contributed by atoms with E-state index in [9.17, 15) is 10.1 Å². The molecule has 1 aliphatic heterocycles. The molecule has 3 aromatic carbocycles. The number of nitrogens with one attached hydrogen (secondary N) is 2. The van der Waals surface area contributed by atoms with Crippen LogP contribution in [0.1, 0.15) is 55.6 Å². The van der Waals surface area contributed by atoms with Gasteiger partial charge in [0.05, 0.1) is 18.7 Å². The molecule has 2 amide bonds. The van der Waals surface area contributed by atoms with Gasteiger partial charge >= 0.3 is 6.03 Å². The number of carbonyl (C=O) groups is 1. The molecule has 202 valence electrons. The van der Waals surface area contributed by atoms with Crippen molar-refractivity contribution in [3.05, 3.63) is 83.9 Å². The molecule has 2 fully saturated rings. The normalized spacial score (nSPS) is 17.3. The smallest absolute Gasteiger partial charge is 0.319 e. The number of nitrogens with zero attached hydrogens (tertiary/aromatic N) is 2. The molecule has 1 heterocycles. The third-order valence-corrected chi connectivity index (χ3v) is 8.46. The zero-order valence-electron chi connectivity index (χ0n) is 22.7. The van der Waals surface area contributed by atoms with Crippen LogP contribution in [0.25, 0.3) is 11.1 Å². The summed E-state index contributed by atoms with van der Waals surface area (Å²) >= 11 is 0. The second-order valence-electron chi connectivity index (χ2n) is 10.8. The zero-order valence-corrected chi connectivity index (χ0v) is 22.7. The maximum Gasteiger partial charge on any atom is 0.319 e.